The summed E-state index contributed by atoms with van der Waals surface area (Å²) in [4.78, 5) is 12.3. The van der Waals surface area contributed by atoms with Gasteiger partial charge in [-0.3, -0.25) is 4.79 Å². The molecule has 0 saturated heterocycles. The Kier molecular flexibility index (Phi) is 5.81. The largest absolute Gasteiger partial charge is 0.494 e. The number of hydrogen-bond donors (Lipinski definition) is 1. The van der Waals surface area contributed by atoms with Gasteiger partial charge in [-0.05, 0) is 67.6 Å². The van der Waals surface area contributed by atoms with Crippen molar-refractivity contribution >= 4 is 23.2 Å². The highest BCUT2D eigenvalue weighted by Gasteiger charge is 2.12. The second-order valence-corrected chi connectivity index (χ2v) is 5.86. The molecule has 5 nitrogen and oxygen atoms in total. The first-order valence-electron chi connectivity index (χ1n) is 8.15. The molecule has 0 spiro atoms. The molecule has 0 aliphatic carbocycles. The first kappa shape index (κ1) is 17.9. The average Bonchev–Trinajstić information content (AvgIpc) is 3.12. The van der Waals surface area contributed by atoms with Gasteiger partial charge in [0, 0.05) is 10.7 Å². The van der Waals surface area contributed by atoms with Crippen LogP contribution in [0.15, 0.2) is 65.1 Å². The van der Waals surface area contributed by atoms with E-state index in [1.807, 2.05) is 6.92 Å². The summed E-state index contributed by atoms with van der Waals surface area (Å²) in [6.07, 6.45) is 0. The van der Waals surface area contributed by atoms with Gasteiger partial charge in [-0.1, -0.05) is 11.6 Å². The molecule has 0 radical (unpaired) electrons. The van der Waals surface area contributed by atoms with E-state index in [1.54, 1.807) is 60.7 Å². The summed E-state index contributed by atoms with van der Waals surface area (Å²) in [7, 11) is 0. The predicted molar refractivity (Wildman–Crippen MR) is 100 cm³/mol. The van der Waals surface area contributed by atoms with E-state index in [4.69, 9.17) is 25.5 Å². The Morgan fingerprint density at radius 2 is 1.62 bits per heavy atom. The fourth-order valence-electron chi connectivity index (χ4n) is 2.26. The van der Waals surface area contributed by atoms with E-state index < -0.39 is 0 Å². The quantitative estimate of drug-likeness (QED) is 0.623. The van der Waals surface area contributed by atoms with E-state index in [-0.39, 0.29) is 18.3 Å². The lowest BCUT2D eigenvalue weighted by Crippen LogP contribution is -2.10. The highest BCUT2D eigenvalue weighted by molar-refractivity contribution is 6.30. The van der Waals surface area contributed by atoms with Gasteiger partial charge in [0.25, 0.3) is 5.91 Å². The van der Waals surface area contributed by atoms with Gasteiger partial charge in [-0.15, -0.1) is 0 Å². The third-order valence-electron chi connectivity index (χ3n) is 3.50. The Hall–Kier alpha value is -2.92. The first-order valence-corrected chi connectivity index (χ1v) is 8.53. The monoisotopic (exact) mass is 371 g/mol. The molecule has 0 aliphatic rings. The molecule has 0 aliphatic heterocycles. The third kappa shape index (κ3) is 4.80. The molecule has 3 aromatic rings. The zero-order chi connectivity index (χ0) is 18.4. The summed E-state index contributed by atoms with van der Waals surface area (Å²) in [5.41, 5.74) is 0.661. The molecule has 1 aromatic heterocycles. The molecule has 0 bridgehead atoms. The fraction of sp³-hybridized carbons (Fsp3) is 0.150. The summed E-state index contributed by atoms with van der Waals surface area (Å²) in [6.45, 7) is 2.73. The minimum absolute atomic E-state index is 0.216. The Morgan fingerprint density at radius 1 is 0.962 bits per heavy atom. The zero-order valence-electron chi connectivity index (χ0n) is 14.2. The van der Waals surface area contributed by atoms with Crippen molar-refractivity contribution in [1.82, 2.24) is 0 Å². The molecule has 0 saturated carbocycles. The van der Waals surface area contributed by atoms with Crippen LogP contribution in [0.1, 0.15) is 23.2 Å². The van der Waals surface area contributed by atoms with E-state index in [0.717, 1.165) is 5.75 Å². The van der Waals surface area contributed by atoms with Gasteiger partial charge in [-0.25, -0.2) is 0 Å². The van der Waals surface area contributed by atoms with Gasteiger partial charge in [0.15, 0.2) is 5.76 Å². The van der Waals surface area contributed by atoms with Gasteiger partial charge >= 0.3 is 0 Å². The smallest absolute Gasteiger partial charge is 0.291 e. The van der Waals surface area contributed by atoms with Crippen LogP contribution in [0.2, 0.25) is 5.02 Å². The normalized spacial score (nSPS) is 10.4. The van der Waals surface area contributed by atoms with Gasteiger partial charge in [-0.2, -0.15) is 0 Å². The Labute approximate surface area is 156 Å². The molecule has 134 valence electrons. The topological polar surface area (TPSA) is 60.7 Å². The number of rotatable bonds is 7. The van der Waals surface area contributed by atoms with Crippen LogP contribution in [0.4, 0.5) is 5.69 Å². The molecule has 0 unspecified atom stereocenters. The van der Waals surface area contributed by atoms with Crippen LogP contribution in [0.3, 0.4) is 0 Å². The second-order valence-electron chi connectivity index (χ2n) is 5.42. The van der Waals surface area contributed by atoms with E-state index in [9.17, 15) is 4.79 Å². The van der Waals surface area contributed by atoms with Crippen LogP contribution in [0, 0.1) is 0 Å². The Balaban J connectivity index is 1.56. The lowest BCUT2D eigenvalue weighted by atomic mass is 10.3. The molecule has 6 heteroatoms. The highest BCUT2D eigenvalue weighted by atomic mass is 35.5. The number of nitrogens with one attached hydrogen (secondary N) is 1. The SMILES string of the molecule is CCOc1ccc(NC(=O)c2ccc(COc3ccc(Cl)cc3)o2)cc1. The molecule has 0 atom stereocenters. The number of carbonyl (C=O) groups is 1. The number of ether oxygens (including phenoxy) is 2. The van der Waals surface area contributed by atoms with E-state index in [2.05, 4.69) is 5.32 Å². The summed E-state index contributed by atoms with van der Waals surface area (Å²) in [6, 6.07) is 17.5. The van der Waals surface area contributed by atoms with Gasteiger partial charge in [0.05, 0.1) is 6.61 Å². The number of benzene rings is 2. The fourth-order valence-corrected chi connectivity index (χ4v) is 2.38. The van der Waals surface area contributed by atoms with Crippen molar-refractivity contribution in [2.24, 2.45) is 0 Å². The first-order chi connectivity index (χ1) is 12.6. The van der Waals surface area contributed by atoms with Crippen LogP contribution in [0.25, 0.3) is 0 Å². The average molecular weight is 372 g/mol. The molecule has 26 heavy (non-hydrogen) atoms. The summed E-state index contributed by atoms with van der Waals surface area (Å²) in [5, 5.41) is 3.42. The van der Waals surface area contributed by atoms with E-state index >= 15 is 0 Å². The van der Waals surface area contributed by atoms with Crippen LogP contribution in [-0.2, 0) is 6.61 Å². The van der Waals surface area contributed by atoms with Crippen molar-refractivity contribution in [2.75, 3.05) is 11.9 Å². The summed E-state index contributed by atoms with van der Waals surface area (Å²) < 4.78 is 16.5. The van der Waals surface area contributed by atoms with E-state index in [1.165, 1.54) is 0 Å². The Morgan fingerprint density at radius 3 is 2.31 bits per heavy atom. The minimum Gasteiger partial charge on any atom is -0.494 e. The second kappa shape index (κ2) is 8.45. The van der Waals surface area contributed by atoms with Crippen LogP contribution < -0.4 is 14.8 Å². The number of carbonyl (C=O) groups excluding carboxylic acids is 1. The number of halogens is 1. The summed E-state index contributed by atoms with van der Waals surface area (Å²) >= 11 is 5.83. The Bertz CT molecular complexity index is 856. The van der Waals surface area contributed by atoms with Crippen LogP contribution in [0.5, 0.6) is 11.5 Å². The number of furan rings is 1. The molecule has 3 rings (SSSR count). The lowest BCUT2D eigenvalue weighted by Gasteiger charge is -2.06. The van der Waals surface area contributed by atoms with Gasteiger partial charge in [0.1, 0.15) is 23.9 Å². The molecule has 1 heterocycles. The lowest BCUT2D eigenvalue weighted by molar-refractivity contribution is 0.0992. The molecular formula is C20H18ClNO4. The van der Waals surface area contributed by atoms with Crippen molar-refractivity contribution in [3.05, 3.63) is 77.2 Å². The van der Waals surface area contributed by atoms with Crippen LogP contribution in [-0.4, -0.2) is 12.5 Å². The van der Waals surface area contributed by atoms with Crippen molar-refractivity contribution in [3.8, 4) is 11.5 Å². The maximum absolute atomic E-state index is 12.3. The standard InChI is InChI=1S/C20H18ClNO4/c1-2-24-16-9-5-15(6-10-16)22-20(23)19-12-11-18(26-19)13-25-17-7-3-14(21)4-8-17/h3-12H,2,13H2,1H3,(H,22,23). The number of amides is 1. The molecule has 1 N–H and O–H groups in total. The van der Waals surface area contributed by atoms with Crippen LogP contribution >= 0.6 is 11.6 Å². The van der Waals surface area contributed by atoms with Crippen molar-refractivity contribution in [2.45, 2.75) is 13.5 Å². The number of anilines is 1. The third-order valence-corrected chi connectivity index (χ3v) is 3.76. The maximum atomic E-state index is 12.3. The van der Waals surface area contributed by atoms with Gasteiger partial charge in [0.2, 0.25) is 0 Å². The summed E-state index contributed by atoms with van der Waals surface area (Å²) in [5.74, 6) is 1.87. The molecule has 2 aromatic carbocycles. The van der Waals surface area contributed by atoms with Crippen molar-refractivity contribution in [1.29, 1.82) is 0 Å². The van der Waals surface area contributed by atoms with Gasteiger partial charge < -0.3 is 19.2 Å². The highest BCUT2D eigenvalue weighted by Crippen LogP contribution is 2.19. The van der Waals surface area contributed by atoms with E-state index in [0.29, 0.717) is 28.8 Å². The van der Waals surface area contributed by atoms with Crippen molar-refractivity contribution < 1.29 is 18.7 Å². The predicted octanol–water partition coefficient (Wildman–Crippen LogP) is 5.16. The van der Waals surface area contributed by atoms with Crippen molar-refractivity contribution in [3.63, 3.8) is 0 Å². The molecule has 1 amide bonds. The zero-order valence-corrected chi connectivity index (χ0v) is 15.0. The number of hydrogen-bond acceptors (Lipinski definition) is 4. The molecular weight excluding hydrogens is 354 g/mol. The molecule has 0 fully saturated rings. The maximum Gasteiger partial charge on any atom is 0.291 e. The minimum atomic E-state index is -0.327.